The van der Waals surface area contributed by atoms with Gasteiger partial charge in [-0.05, 0) is 67.9 Å². The number of carbonyl (C=O) groups excluding carboxylic acids is 2. The number of sulfonamides is 1. The molecular weight excluding hydrogens is 514 g/mol. The summed E-state index contributed by atoms with van der Waals surface area (Å²) in [6.07, 6.45) is 0. The van der Waals surface area contributed by atoms with Crippen LogP contribution in [0.15, 0.2) is 83.8 Å². The first-order valence-corrected chi connectivity index (χ1v) is 13.5. The van der Waals surface area contributed by atoms with Gasteiger partial charge in [-0.2, -0.15) is 0 Å². The van der Waals surface area contributed by atoms with Crippen LogP contribution in [0.3, 0.4) is 0 Å². The first-order valence-electron chi connectivity index (χ1n) is 11.7. The Labute approximate surface area is 222 Å². The third-order valence-corrected chi connectivity index (χ3v) is 7.75. The lowest BCUT2D eigenvalue weighted by Crippen LogP contribution is -2.51. The lowest BCUT2D eigenvalue weighted by Gasteiger charge is -2.32. The topological polar surface area (TPSA) is 96.0 Å². The van der Waals surface area contributed by atoms with Gasteiger partial charge in [0.15, 0.2) is 0 Å². The number of rotatable bonds is 11. The predicted molar refractivity (Wildman–Crippen MR) is 144 cm³/mol. The highest BCUT2D eigenvalue weighted by Crippen LogP contribution is 2.26. The quantitative estimate of drug-likeness (QED) is 0.393. The first-order chi connectivity index (χ1) is 17.7. The predicted octanol–water partition coefficient (Wildman–Crippen LogP) is 4.10. The van der Waals surface area contributed by atoms with Crippen LogP contribution < -0.4 is 14.4 Å². The number of hydrogen-bond donors (Lipinski definition) is 1. The molecule has 0 heterocycles. The highest BCUT2D eigenvalue weighted by Gasteiger charge is 2.32. The Kier molecular flexibility index (Phi) is 9.54. The molecule has 37 heavy (non-hydrogen) atoms. The van der Waals surface area contributed by atoms with Gasteiger partial charge < -0.3 is 15.0 Å². The standard InChI is InChI=1S/C27H30ClN3O5S/c1-4-29-27(33)20(2)30(18-21-9-8-10-22(28)17-21)26(32)19-31(23-13-15-24(36-3)16-14-23)37(34,35)25-11-6-5-7-12-25/h5-17,20H,4,18-19H2,1-3H3,(H,29,33)/t20-/m0/s1. The average molecular weight is 544 g/mol. The number of hydrogen-bond acceptors (Lipinski definition) is 5. The summed E-state index contributed by atoms with van der Waals surface area (Å²) in [7, 11) is -2.61. The molecule has 3 rings (SSSR count). The second-order valence-electron chi connectivity index (χ2n) is 8.24. The van der Waals surface area contributed by atoms with Crippen molar-refractivity contribution < 1.29 is 22.7 Å². The largest absolute Gasteiger partial charge is 0.497 e. The van der Waals surface area contributed by atoms with Crippen LogP contribution in [0.4, 0.5) is 5.69 Å². The molecule has 0 aromatic heterocycles. The van der Waals surface area contributed by atoms with E-state index in [1.165, 1.54) is 24.1 Å². The van der Waals surface area contributed by atoms with Gasteiger partial charge in [0.05, 0.1) is 17.7 Å². The van der Waals surface area contributed by atoms with Gasteiger partial charge in [0, 0.05) is 18.1 Å². The van der Waals surface area contributed by atoms with Crippen molar-refractivity contribution in [1.29, 1.82) is 0 Å². The van der Waals surface area contributed by atoms with Gasteiger partial charge in [-0.3, -0.25) is 13.9 Å². The van der Waals surface area contributed by atoms with Gasteiger partial charge in [-0.1, -0.05) is 41.9 Å². The summed E-state index contributed by atoms with van der Waals surface area (Å²) in [4.78, 5) is 27.9. The maximum absolute atomic E-state index is 13.7. The summed E-state index contributed by atoms with van der Waals surface area (Å²) in [6.45, 7) is 3.33. The number of halogens is 1. The van der Waals surface area contributed by atoms with E-state index in [-0.39, 0.29) is 23.0 Å². The normalized spacial score (nSPS) is 11.9. The molecular formula is C27H30ClN3O5S. The maximum Gasteiger partial charge on any atom is 0.264 e. The van der Waals surface area contributed by atoms with E-state index in [1.807, 2.05) is 0 Å². The van der Waals surface area contributed by atoms with Crippen molar-refractivity contribution in [2.24, 2.45) is 0 Å². The molecule has 3 aromatic carbocycles. The monoisotopic (exact) mass is 543 g/mol. The van der Waals surface area contributed by atoms with Gasteiger partial charge >= 0.3 is 0 Å². The fourth-order valence-corrected chi connectivity index (χ4v) is 5.38. The molecule has 0 aliphatic rings. The molecule has 0 saturated carbocycles. The van der Waals surface area contributed by atoms with Crippen LogP contribution in [-0.2, 0) is 26.2 Å². The molecule has 0 radical (unpaired) electrons. The summed E-state index contributed by atoms with van der Waals surface area (Å²) in [5.74, 6) is -0.353. The lowest BCUT2D eigenvalue weighted by molar-refractivity contribution is -0.139. The molecule has 0 unspecified atom stereocenters. The number of nitrogens with one attached hydrogen (secondary N) is 1. The zero-order valence-corrected chi connectivity index (χ0v) is 22.5. The van der Waals surface area contributed by atoms with Crippen LogP contribution in [0, 0.1) is 0 Å². The summed E-state index contributed by atoms with van der Waals surface area (Å²) >= 11 is 6.14. The van der Waals surface area contributed by atoms with E-state index in [9.17, 15) is 18.0 Å². The van der Waals surface area contributed by atoms with Crippen LogP contribution in [0.2, 0.25) is 5.02 Å². The van der Waals surface area contributed by atoms with Crippen LogP contribution >= 0.6 is 11.6 Å². The fraction of sp³-hybridized carbons (Fsp3) is 0.259. The second-order valence-corrected chi connectivity index (χ2v) is 10.5. The third kappa shape index (κ3) is 7.02. The van der Waals surface area contributed by atoms with E-state index in [0.29, 0.717) is 22.9 Å². The zero-order chi connectivity index (χ0) is 27.0. The Bertz CT molecular complexity index is 1320. The van der Waals surface area contributed by atoms with Gasteiger partial charge in [-0.25, -0.2) is 8.42 Å². The SMILES string of the molecule is CCNC(=O)[C@H](C)N(Cc1cccc(Cl)c1)C(=O)CN(c1ccc(OC)cc1)S(=O)(=O)c1ccccc1. The van der Waals surface area contributed by atoms with Crippen LogP contribution in [0.25, 0.3) is 0 Å². The number of ether oxygens (including phenoxy) is 1. The summed E-state index contributed by atoms with van der Waals surface area (Å²) in [5, 5.41) is 3.21. The average Bonchev–Trinajstić information content (AvgIpc) is 2.90. The Balaban J connectivity index is 2.02. The van der Waals surface area contributed by atoms with Crippen molar-refractivity contribution in [3.63, 3.8) is 0 Å². The van der Waals surface area contributed by atoms with Crippen molar-refractivity contribution in [3.05, 3.63) is 89.4 Å². The third-order valence-electron chi connectivity index (χ3n) is 5.73. The molecule has 0 aliphatic heterocycles. The molecule has 8 nitrogen and oxygen atoms in total. The Morgan fingerprint density at radius 1 is 1.00 bits per heavy atom. The molecule has 0 bridgehead atoms. The molecule has 0 spiro atoms. The van der Waals surface area contributed by atoms with Gasteiger partial charge in [0.25, 0.3) is 10.0 Å². The number of methoxy groups -OCH3 is 1. The molecule has 196 valence electrons. The summed E-state index contributed by atoms with van der Waals surface area (Å²) in [5.41, 5.74) is 0.991. The van der Waals surface area contributed by atoms with Gasteiger partial charge in [0.2, 0.25) is 11.8 Å². The molecule has 1 N–H and O–H groups in total. The maximum atomic E-state index is 13.7. The van der Waals surface area contributed by atoms with E-state index in [0.717, 1.165) is 4.31 Å². The number of amides is 2. The van der Waals surface area contributed by atoms with Crippen molar-refractivity contribution in [1.82, 2.24) is 10.2 Å². The van der Waals surface area contributed by atoms with Crippen LogP contribution in [-0.4, -0.2) is 51.4 Å². The highest BCUT2D eigenvalue weighted by molar-refractivity contribution is 7.92. The van der Waals surface area contributed by atoms with Gasteiger partial charge in [-0.15, -0.1) is 0 Å². The molecule has 2 amide bonds. The lowest BCUT2D eigenvalue weighted by atomic mass is 10.1. The van der Waals surface area contributed by atoms with E-state index >= 15 is 0 Å². The fourth-order valence-electron chi connectivity index (χ4n) is 3.73. The van der Waals surface area contributed by atoms with E-state index < -0.39 is 28.5 Å². The number of likely N-dealkylation sites (N-methyl/N-ethyl adjacent to an activating group) is 1. The van der Waals surface area contributed by atoms with E-state index in [1.54, 1.807) is 80.6 Å². The summed E-state index contributed by atoms with van der Waals surface area (Å²) < 4.78 is 33.6. The molecule has 0 saturated heterocycles. The minimum Gasteiger partial charge on any atom is -0.497 e. The van der Waals surface area contributed by atoms with E-state index in [4.69, 9.17) is 16.3 Å². The molecule has 10 heteroatoms. The molecule has 0 aliphatic carbocycles. The van der Waals surface area contributed by atoms with Crippen molar-refractivity contribution in [3.8, 4) is 5.75 Å². The van der Waals surface area contributed by atoms with Crippen molar-refractivity contribution in [2.75, 3.05) is 24.5 Å². The van der Waals surface area contributed by atoms with Crippen LogP contribution in [0.1, 0.15) is 19.4 Å². The number of nitrogens with zero attached hydrogens (tertiary/aromatic N) is 2. The number of benzene rings is 3. The Hall–Kier alpha value is -3.56. The van der Waals surface area contributed by atoms with Crippen molar-refractivity contribution in [2.45, 2.75) is 31.3 Å². The van der Waals surface area contributed by atoms with Gasteiger partial charge in [0.1, 0.15) is 18.3 Å². The zero-order valence-electron chi connectivity index (χ0n) is 20.9. The molecule has 1 atom stereocenters. The molecule has 0 fully saturated rings. The first kappa shape index (κ1) is 28.0. The van der Waals surface area contributed by atoms with E-state index in [2.05, 4.69) is 5.32 Å². The number of anilines is 1. The highest BCUT2D eigenvalue weighted by atomic mass is 35.5. The van der Waals surface area contributed by atoms with Crippen molar-refractivity contribution >= 4 is 39.1 Å². The Morgan fingerprint density at radius 3 is 2.27 bits per heavy atom. The minimum absolute atomic E-state index is 0.0387. The van der Waals surface area contributed by atoms with Crippen LogP contribution in [0.5, 0.6) is 5.75 Å². The number of carbonyl (C=O) groups is 2. The molecule has 3 aromatic rings. The summed E-state index contributed by atoms with van der Waals surface area (Å²) in [6, 6.07) is 20.4. The minimum atomic E-state index is -4.11. The Morgan fingerprint density at radius 2 is 1.68 bits per heavy atom. The smallest absolute Gasteiger partial charge is 0.264 e. The second kappa shape index (κ2) is 12.6.